The molecule has 0 saturated heterocycles. The molecule has 0 saturated carbocycles. The number of nitrogens with one attached hydrogen (secondary N) is 1. The zero-order valence-corrected chi connectivity index (χ0v) is 11.9. The highest BCUT2D eigenvalue weighted by molar-refractivity contribution is 5.93. The van der Waals surface area contributed by atoms with Gasteiger partial charge in [-0.15, -0.1) is 0 Å². The number of amides is 1. The Morgan fingerprint density at radius 3 is 2.15 bits per heavy atom. The van der Waals surface area contributed by atoms with E-state index in [0.717, 1.165) is 12.2 Å². The first-order valence-electron chi connectivity index (χ1n) is 6.79. The van der Waals surface area contributed by atoms with Gasteiger partial charge in [-0.1, -0.05) is 38.1 Å². The summed E-state index contributed by atoms with van der Waals surface area (Å²) in [6.07, 6.45) is 0. The average Bonchev–Trinajstić information content (AvgIpc) is 2.46. The van der Waals surface area contributed by atoms with Crippen LogP contribution in [0.1, 0.15) is 41.3 Å². The molecule has 0 bridgehead atoms. The largest absolute Gasteiger partial charge is 0.381 e. The van der Waals surface area contributed by atoms with Gasteiger partial charge in [-0.25, -0.2) is 0 Å². The minimum Gasteiger partial charge on any atom is -0.381 e. The van der Waals surface area contributed by atoms with Crippen LogP contribution in [0.5, 0.6) is 0 Å². The van der Waals surface area contributed by atoms with Crippen molar-refractivity contribution < 1.29 is 4.79 Å². The predicted molar refractivity (Wildman–Crippen MR) is 82.8 cm³/mol. The fraction of sp³-hybridized carbons (Fsp3) is 0.235. The molecule has 104 valence electrons. The first-order chi connectivity index (χ1) is 9.56. The number of anilines is 1. The molecule has 0 aliphatic heterocycles. The normalized spacial score (nSPS) is 10.6. The van der Waals surface area contributed by atoms with Crippen LogP contribution >= 0.6 is 0 Å². The Labute approximate surface area is 119 Å². The average molecular weight is 268 g/mol. The Hall–Kier alpha value is -2.29. The number of nitrogens with two attached hydrogens (primary N) is 1. The number of hydrogen-bond acceptors (Lipinski definition) is 2. The SMILES string of the molecule is CC(C)c1ccc(CNc2ccc(C(N)=O)cc2)cc1. The fourth-order valence-electron chi connectivity index (χ4n) is 1.98. The second kappa shape index (κ2) is 6.24. The Bertz CT molecular complexity index is 571. The van der Waals surface area contributed by atoms with Crippen molar-refractivity contribution in [2.75, 3.05) is 5.32 Å². The van der Waals surface area contributed by atoms with E-state index in [1.807, 2.05) is 12.1 Å². The lowest BCUT2D eigenvalue weighted by atomic mass is 10.0. The molecule has 2 rings (SSSR count). The number of carbonyl (C=O) groups excluding carboxylic acids is 1. The molecule has 0 unspecified atom stereocenters. The first-order valence-corrected chi connectivity index (χ1v) is 6.79. The minimum absolute atomic E-state index is 0.402. The standard InChI is InChI=1S/C17H20N2O/c1-12(2)14-5-3-13(4-6-14)11-19-16-9-7-15(8-10-16)17(18)20/h3-10,12,19H,11H2,1-2H3,(H2,18,20). The van der Waals surface area contributed by atoms with Crippen LogP contribution in [-0.4, -0.2) is 5.91 Å². The molecule has 3 nitrogen and oxygen atoms in total. The Kier molecular flexibility index (Phi) is 4.41. The van der Waals surface area contributed by atoms with Crippen molar-refractivity contribution in [3.63, 3.8) is 0 Å². The van der Waals surface area contributed by atoms with Gasteiger partial charge in [0, 0.05) is 17.8 Å². The van der Waals surface area contributed by atoms with Gasteiger partial charge in [-0.2, -0.15) is 0 Å². The monoisotopic (exact) mass is 268 g/mol. The van der Waals surface area contributed by atoms with Gasteiger partial charge in [0.25, 0.3) is 0 Å². The van der Waals surface area contributed by atoms with E-state index < -0.39 is 5.91 Å². The van der Waals surface area contributed by atoms with Gasteiger partial charge in [0.2, 0.25) is 5.91 Å². The van der Waals surface area contributed by atoms with Crippen LogP contribution in [0, 0.1) is 0 Å². The summed E-state index contributed by atoms with van der Waals surface area (Å²) < 4.78 is 0. The molecule has 0 fully saturated rings. The van der Waals surface area contributed by atoms with Crippen LogP contribution in [-0.2, 0) is 6.54 Å². The smallest absolute Gasteiger partial charge is 0.248 e. The molecule has 1 amide bonds. The maximum Gasteiger partial charge on any atom is 0.248 e. The molecular weight excluding hydrogens is 248 g/mol. The first kappa shape index (κ1) is 14.1. The molecule has 0 heterocycles. The van der Waals surface area contributed by atoms with E-state index >= 15 is 0 Å². The van der Waals surface area contributed by atoms with Crippen molar-refractivity contribution >= 4 is 11.6 Å². The van der Waals surface area contributed by atoms with Gasteiger partial charge >= 0.3 is 0 Å². The maximum atomic E-state index is 11.0. The summed E-state index contributed by atoms with van der Waals surface area (Å²) in [6, 6.07) is 15.8. The van der Waals surface area contributed by atoms with E-state index in [0.29, 0.717) is 11.5 Å². The molecule has 20 heavy (non-hydrogen) atoms. The van der Waals surface area contributed by atoms with Crippen molar-refractivity contribution in [2.24, 2.45) is 5.73 Å². The lowest BCUT2D eigenvalue weighted by Gasteiger charge is -2.09. The lowest BCUT2D eigenvalue weighted by molar-refractivity contribution is 0.100. The molecule has 0 aromatic heterocycles. The van der Waals surface area contributed by atoms with E-state index in [1.54, 1.807) is 12.1 Å². The summed E-state index contributed by atoms with van der Waals surface area (Å²) in [5.74, 6) is 0.152. The molecule has 0 aliphatic rings. The molecule has 0 spiro atoms. The summed E-state index contributed by atoms with van der Waals surface area (Å²) >= 11 is 0. The van der Waals surface area contributed by atoms with Crippen LogP contribution in [0.2, 0.25) is 0 Å². The van der Waals surface area contributed by atoms with Gasteiger partial charge in [0.05, 0.1) is 0 Å². The molecule has 2 aromatic rings. The van der Waals surface area contributed by atoms with Gasteiger partial charge in [0.15, 0.2) is 0 Å². The van der Waals surface area contributed by atoms with E-state index in [4.69, 9.17) is 5.73 Å². The van der Waals surface area contributed by atoms with Crippen LogP contribution in [0.4, 0.5) is 5.69 Å². The van der Waals surface area contributed by atoms with Gasteiger partial charge < -0.3 is 11.1 Å². The summed E-state index contributed by atoms with van der Waals surface area (Å²) in [5, 5.41) is 3.32. The fourth-order valence-corrected chi connectivity index (χ4v) is 1.98. The number of primary amides is 1. The van der Waals surface area contributed by atoms with Crippen molar-refractivity contribution in [1.29, 1.82) is 0 Å². The van der Waals surface area contributed by atoms with Crippen LogP contribution in [0.15, 0.2) is 48.5 Å². The molecule has 3 heteroatoms. The quantitative estimate of drug-likeness (QED) is 0.871. The summed E-state index contributed by atoms with van der Waals surface area (Å²) in [5.41, 5.74) is 9.28. The maximum absolute atomic E-state index is 11.0. The zero-order valence-electron chi connectivity index (χ0n) is 11.9. The second-order valence-corrected chi connectivity index (χ2v) is 5.19. The van der Waals surface area contributed by atoms with E-state index in [9.17, 15) is 4.79 Å². The number of hydrogen-bond donors (Lipinski definition) is 2. The van der Waals surface area contributed by atoms with Crippen molar-refractivity contribution in [3.05, 3.63) is 65.2 Å². The third kappa shape index (κ3) is 3.60. The number of rotatable bonds is 5. The molecule has 0 radical (unpaired) electrons. The molecule has 0 atom stereocenters. The van der Waals surface area contributed by atoms with Crippen LogP contribution in [0.3, 0.4) is 0 Å². The van der Waals surface area contributed by atoms with E-state index in [1.165, 1.54) is 11.1 Å². The molecule has 3 N–H and O–H groups in total. The number of benzene rings is 2. The molecular formula is C17H20N2O. The summed E-state index contributed by atoms with van der Waals surface area (Å²) in [6.45, 7) is 5.13. The van der Waals surface area contributed by atoms with Gasteiger partial charge in [-0.05, 0) is 41.3 Å². The topological polar surface area (TPSA) is 55.1 Å². The van der Waals surface area contributed by atoms with Crippen LogP contribution < -0.4 is 11.1 Å². The Balaban J connectivity index is 1.96. The molecule has 0 aliphatic carbocycles. The Morgan fingerprint density at radius 1 is 1.05 bits per heavy atom. The second-order valence-electron chi connectivity index (χ2n) is 5.19. The molecule has 2 aromatic carbocycles. The van der Waals surface area contributed by atoms with Crippen molar-refractivity contribution in [1.82, 2.24) is 0 Å². The lowest BCUT2D eigenvalue weighted by Crippen LogP contribution is -2.10. The van der Waals surface area contributed by atoms with Gasteiger partial charge in [-0.3, -0.25) is 4.79 Å². The van der Waals surface area contributed by atoms with Crippen molar-refractivity contribution in [3.8, 4) is 0 Å². The predicted octanol–water partition coefficient (Wildman–Crippen LogP) is 3.52. The van der Waals surface area contributed by atoms with Gasteiger partial charge in [0.1, 0.15) is 0 Å². The summed E-state index contributed by atoms with van der Waals surface area (Å²) in [7, 11) is 0. The number of carbonyl (C=O) groups is 1. The highest BCUT2D eigenvalue weighted by Gasteiger charge is 2.01. The van der Waals surface area contributed by atoms with E-state index in [-0.39, 0.29) is 0 Å². The third-order valence-corrected chi connectivity index (χ3v) is 3.31. The minimum atomic E-state index is -0.402. The third-order valence-electron chi connectivity index (χ3n) is 3.31. The highest BCUT2D eigenvalue weighted by atomic mass is 16.1. The zero-order chi connectivity index (χ0) is 14.5. The van der Waals surface area contributed by atoms with Crippen molar-refractivity contribution in [2.45, 2.75) is 26.3 Å². The Morgan fingerprint density at radius 2 is 1.65 bits per heavy atom. The van der Waals surface area contributed by atoms with Crippen LogP contribution in [0.25, 0.3) is 0 Å². The highest BCUT2D eigenvalue weighted by Crippen LogP contribution is 2.16. The van der Waals surface area contributed by atoms with E-state index in [2.05, 4.69) is 43.4 Å². The summed E-state index contributed by atoms with van der Waals surface area (Å²) in [4.78, 5) is 11.0.